The number of phosphoric acid groups is 2. The zero-order valence-corrected chi connectivity index (χ0v) is 70.5. The number of carbonyl (C=O) groups is 4. The first-order valence-electron chi connectivity index (χ1n) is 43.7. The number of hydrogen-bond donors (Lipinski definition) is 3. The molecule has 0 aromatic carbocycles. The van der Waals surface area contributed by atoms with Gasteiger partial charge in [0, 0.05) is 25.7 Å². The predicted octanol–water partition coefficient (Wildman–Crippen LogP) is 25.6. The molecule has 3 N–H and O–H groups in total. The lowest BCUT2D eigenvalue weighted by atomic mass is 10.00. The highest BCUT2D eigenvalue weighted by Gasteiger charge is 2.30. The average Bonchev–Trinajstić information content (AvgIpc) is 0.912. The van der Waals surface area contributed by atoms with E-state index in [0.29, 0.717) is 25.7 Å². The van der Waals surface area contributed by atoms with E-state index in [2.05, 4.69) is 55.4 Å². The fraction of sp³-hybridized carbons (Fsp3) is 0.953. The largest absolute Gasteiger partial charge is 0.472 e. The lowest BCUT2D eigenvalue weighted by Crippen LogP contribution is -2.30. The van der Waals surface area contributed by atoms with Crippen LogP contribution in [0.15, 0.2) is 0 Å². The van der Waals surface area contributed by atoms with E-state index in [1.807, 2.05) is 0 Å². The Bertz CT molecular complexity index is 2030. The molecule has 6 atom stereocenters. The van der Waals surface area contributed by atoms with Gasteiger partial charge in [-0.15, -0.1) is 0 Å². The fourth-order valence-corrected chi connectivity index (χ4v) is 14.7. The Kier molecular flexibility index (Phi) is 72.5. The predicted molar refractivity (Wildman–Crippen MR) is 428 cm³/mol. The van der Waals surface area contributed by atoms with Crippen molar-refractivity contribution < 1.29 is 80.2 Å². The highest BCUT2D eigenvalue weighted by molar-refractivity contribution is 7.47. The van der Waals surface area contributed by atoms with E-state index in [0.717, 1.165) is 120 Å². The Morgan fingerprint density at radius 2 is 0.462 bits per heavy atom. The van der Waals surface area contributed by atoms with Gasteiger partial charge in [-0.3, -0.25) is 37.3 Å². The molecule has 0 rings (SSSR count). The molecule has 0 aromatic heterocycles. The van der Waals surface area contributed by atoms with Gasteiger partial charge in [0.25, 0.3) is 0 Å². The van der Waals surface area contributed by atoms with Gasteiger partial charge in [-0.05, 0) is 49.4 Å². The SMILES string of the molecule is CCC(C)CCCCCCCCC(=O)OC[C@H](COP(=O)(O)OC[C@H](O)COP(=O)(O)OC[C@@H](COC(=O)CCCCCCCCCCCCCCCCCC(C)C)OC(=O)CCCCCCCCCCCCCCC(C)C)OC(=O)CCCCCCCCCCCCCCCCCCCCC(C)C. The van der Waals surface area contributed by atoms with Gasteiger partial charge in [0.05, 0.1) is 26.4 Å². The zero-order chi connectivity index (χ0) is 76.7. The minimum atomic E-state index is -4.96. The number of aliphatic hydroxyl groups is 1. The molecule has 618 valence electrons. The molecule has 0 aliphatic carbocycles. The summed E-state index contributed by atoms with van der Waals surface area (Å²) in [5, 5.41) is 10.7. The van der Waals surface area contributed by atoms with Crippen LogP contribution in [0.5, 0.6) is 0 Å². The van der Waals surface area contributed by atoms with Crippen molar-refractivity contribution in [1.82, 2.24) is 0 Å². The summed E-state index contributed by atoms with van der Waals surface area (Å²) in [6.45, 7) is 14.3. The van der Waals surface area contributed by atoms with Gasteiger partial charge in [-0.1, -0.05) is 389 Å². The summed E-state index contributed by atoms with van der Waals surface area (Å²) in [5.41, 5.74) is 0. The molecule has 0 spiro atoms. The first-order chi connectivity index (χ1) is 50.1. The standard InChI is InChI=1S/C85H166O17P2/c1-9-78(8)64-56-48-43-44-50-58-66-83(88)96-72-81(102-85(90)67-59-51-41-35-29-22-17-13-11-10-12-15-19-25-31-37-45-53-61-75(2)3)74-100-104(93,94)98-70-79(86)69-97-103(91,92)99-73-80(101-84(89)68-60-52-42-36-30-24-23-27-33-39-47-55-63-77(6)7)71-95-82(87)65-57-49-40-34-28-21-18-14-16-20-26-32-38-46-54-62-76(4)5/h75-81,86H,9-74H2,1-8H3,(H,91,92)(H,93,94)/t78?,79-,80-,81-/m1/s1. The number of phosphoric ester groups is 2. The van der Waals surface area contributed by atoms with Crippen molar-refractivity contribution in [1.29, 1.82) is 0 Å². The Morgan fingerprint density at radius 1 is 0.269 bits per heavy atom. The van der Waals surface area contributed by atoms with Crippen LogP contribution >= 0.6 is 15.6 Å². The molecule has 0 saturated heterocycles. The number of hydrogen-bond acceptors (Lipinski definition) is 15. The Hall–Kier alpha value is -1.94. The molecule has 17 nitrogen and oxygen atoms in total. The maximum absolute atomic E-state index is 13.1. The lowest BCUT2D eigenvalue weighted by Gasteiger charge is -2.21. The molecule has 104 heavy (non-hydrogen) atoms. The number of unbranched alkanes of at least 4 members (excludes halogenated alkanes) is 47. The highest BCUT2D eigenvalue weighted by Crippen LogP contribution is 2.45. The fourth-order valence-electron chi connectivity index (χ4n) is 13.1. The minimum Gasteiger partial charge on any atom is -0.462 e. The first kappa shape index (κ1) is 102. The van der Waals surface area contributed by atoms with E-state index in [1.54, 1.807) is 0 Å². The van der Waals surface area contributed by atoms with Crippen molar-refractivity contribution in [2.75, 3.05) is 39.6 Å². The number of rotatable bonds is 82. The molecular formula is C85H166O17P2. The molecular weight excluding hydrogens is 1350 g/mol. The monoisotopic (exact) mass is 1520 g/mol. The molecule has 0 saturated carbocycles. The quantitative estimate of drug-likeness (QED) is 0.0222. The van der Waals surface area contributed by atoms with E-state index in [1.165, 1.54) is 238 Å². The third-order valence-electron chi connectivity index (χ3n) is 20.2. The van der Waals surface area contributed by atoms with Crippen LogP contribution in [0.3, 0.4) is 0 Å². The van der Waals surface area contributed by atoms with E-state index >= 15 is 0 Å². The summed E-state index contributed by atoms with van der Waals surface area (Å²) in [6, 6.07) is 0. The van der Waals surface area contributed by atoms with Gasteiger partial charge < -0.3 is 33.8 Å². The van der Waals surface area contributed by atoms with Crippen molar-refractivity contribution in [2.45, 2.75) is 459 Å². The molecule has 0 aliphatic rings. The maximum Gasteiger partial charge on any atom is 0.472 e. The summed E-state index contributed by atoms with van der Waals surface area (Å²) in [4.78, 5) is 73.2. The number of ether oxygens (including phenoxy) is 4. The lowest BCUT2D eigenvalue weighted by molar-refractivity contribution is -0.161. The van der Waals surface area contributed by atoms with Crippen LogP contribution < -0.4 is 0 Å². The van der Waals surface area contributed by atoms with Gasteiger partial charge in [-0.25, -0.2) is 9.13 Å². The van der Waals surface area contributed by atoms with Crippen LogP contribution in [-0.2, 0) is 65.4 Å². The van der Waals surface area contributed by atoms with Crippen LogP contribution in [0.25, 0.3) is 0 Å². The molecule has 0 radical (unpaired) electrons. The average molecular weight is 1520 g/mol. The summed E-state index contributed by atoms with van der Waals surface area (Å²) < 4.78 is 68.8. The third kappa shape index (κ3) is 76.8. The van der Waals surface area contributed by atoms with Gasteiger partial charge in [0.1, 0.15) is 19.3 Å². The second-order valence-corrected chi connectivity index (χ2v) is 35.2. The molecule has 19 heteroatoms. The van der Waals surface area contributed by atoms with Gasteiger partial charge in [0.2, 0.25) is 0 Å². The second kappa shape index (κ2) is 73.8. The van der Waals surface area contributed by atoms with Crippen molar-refractivity contribution in [2.24, 2.45) is 23.7 Å². The topological polar surface area (TPSA) is 237 Å². The van der Waals surface area contributed by atoms with E-state index in [9.17, 15) is 43.2 Å². The molecule has 0 fully saturated rings. The van der Waals surface area contributed by atoms with Crippen molar-refractivity contribution >= 4 is 39.5 Å². The smallest absolute Gasteiger partial charge is 0.462 e. The van der Waals surface area contributed by atoms with Crippen LogP contribution in [0.2, 0.25) is 0 Å². The van der Waals surface area contributed by atoms with Crippen molar-refractivity contribution in [3.8, 4) is 0 Å². The minimum absolute atomic E-state index is 0.107. The van der Waals surface area contributed by atoms with Gasteiger partial charge in [-0.2, -0.15) is 0 Å². The van der Waals surface area contributed by atoms with E-state index < -0.39 is 97.5 Å². The molecule has 0 amide bonds. The molecule has 0 bridgehead atoms. The van der Waals surface area contributed by atoms with Gasteiger partial charge in [0.15, 0.2) is 12.2 Å². The number of carbonyl (C=O) groups excluding carboxylic acids is 4. The zero-order valence-electron chi connectivity index (χ0n) is 68.7. The normalized spacial score (nSPS) is 14.2. The van der Waals surface area contributed by atoms with Crippen LogP contribution in [0.1, 0.15) is 441 Å². The summed E-state index contributed by atoms with van der Waals surface area (Å²) in [7, 11) is -9.93. The van der Waals surface area contributed by atoms with Crippen molar-refractivity contribution in [3.05, 3.63) is 0 Å². The molecule has 0 heterocycles. The second-order valence-electron chi connectivity index (χ2n) is 32.2. The van der Waals surface area contributed by atoms with Crippen molar-refractivity contribution in [3.63, 3.8) is 0 Å². The van der Waals surface area contributed by atoms with Crippen LogP contribution in [0, 0.1) is 23.7 Å². The molecule has 0 aliphatic heterocycles. The van der Waals surface area contributed by atoms with Gasteiger partial charge >= 0.3 is 39.5 Å². The third-order valence-corrected chi connectivity index (χ3v) is 22.1. The van der Waals surface area contributed by atoms with Crippen LogP contribution in [-0.4, -0.2) is 96.7 Å². The highest BCUT2D eigenvalue weighted by atomic mass is 31.2. The number of esters is 4. The first-order valence-corrected chi connectivity index (χ1v) is 46.7. The molecule has 0 aromatic rings. The summed E-state index contributed by atoms with van der Waals surface area (Å²) >= 11 is 0. The Morgan fingerprint density at radius 3 is 0.683 bits per heavy atom. The Labute approximate surface area is 638 Å². The maximum atomic E-state index is 13.1. The summed E-state index contributed by atoms with van der Waals surface area (Å²) in [5.74, 6) is 1.02. The summed E-state index contributed by atoms with van der Waals surface area (Å²) in [6.07, 6.45) is 62.5. The van der Waals surface area contributed by atoms with E-state index in [4.69, 9.17) is 37.0 Å². The molecule has 3 unspecified atom stereocenters. The Balaban J connectivity index is 5.21. The van der Waals surface area contributed by atoms with E-state index in [-0.39, 0.29) is 25.7 Å². The number of aliphatic hydroxyl groups excluding tert-OH is 1. The van der Waals surface area contributed by atoms with Crippen LogP contribution in [0.4, 0.5) is 0 Å².